The van der Waals surface area contributed by atoms with Crippen molar-refractivity contribution >= 4 is 21.4 Å². The van der Waals surface area contributed by atoms with Crippen molar-refractivity contribution in [2.75, 3.05) is 7.05 Å². The van der Waals surface area contributed by atoms with Crippen molar-refractivity contribution in [3.05, 3.63) is 16.3 Å². The molecule has 0 fully saturated rings. The Bertz CT molecular complexity index is 536. The molecule has 1 unspecified atom stereocenters. The molecule has 0 saturated carbocycles. The van der Waals surface area contributed by atoms with Gasteiger partial charge >= 0.3 is 0 Å². The minimum absolute atomic E-state index is 0.00661. The van der Waals surface area contributed by atoms with E-state index < -0.39 is 10.0 Å². The number of rotatable bonds is 8. The summed E-state index contributed by atoms with van der Waals surface area (Å²) in [5.74, 6) is 0.478. The van der Waals surface area contributed by atoms with Gasteiger partial charge in [-0.05, 0) is 25.3 Å². The Morgan fingerprint density at radius 2 is 1.86 bits per heavy atom. The fourth-order valence-electron chi connectivity index (χ4n) is 2.13. The second-order valence-electron chi connectivity index (χ2n) is 6.28. The van der Waals surface area contributed by atoms with Crippen molar-refractivity contribution in [2.24, 2.45) is 5.92 Å². The van der Waals surface area contributed by atoms with E-state index in [9.17, 15) is 8.42 Å². The lowest BCUT2D eigenvalue weighted by molar-refractivity contribution is 0.338. The van der Waals surface area contributed by atoms with Crippen LogP contribution in [0.2, 0.25) is 0 Å². The number of thiophene rings is 1. The molecule has 0 amide bonds. The number of nitrogens with one attached hydrogen (secondary N) is 1. The molecule has 4 nitrogen and oxygen atoms in total. The van der Waals surface area contributed by atoms with E-state index in [1.165, 1.54) is 15.6 Å². The Morgan fingerprint density at radius 3 is 2.38 bits per heavy atom. The zero-order valence-corrected chi connectivity index (χ0v) is 15.5. The molecule has 122 valence electrons. The molecule has 1 aromatic heterocycles. The Hall–Kier alpha value is -0.430. The van der Waals surface area contributed by atoms with Crippen LogP contribution in [0.1, 0.15) is 45.9 Å². The van der Waals surface area contributed by atoms with Crippen LogP contribution in [0.5, 0.6) is 0 Å². The lowest BCUT2D eigenvalue weighted by atomic mass is 10.1. The topological polar surface area (TPSA) is 49.4 Å². The first kappa shape index (κ1) is 18.6. The van der Waals surface area contributed by atoms with Crippen LogP contribution >= 0.6 is 11.3 Å². The van der Waals surface area contributed by atoms with Gasteiger partial charge in [-0.3, -0.25) is 0 Å². The minimum atomic E-state index is -3.39. The Labute approximate surface area is 133 Å². The first-order chi connectivity index (χ1) is 9.64. The standard InChI is InChI=1S/C15H28N2O2S2/c1-11(2)7-13(5)17(6)21(18,19)15-8-14(20-10-15)9-16-12(3)4/h8,10-13,16H,7,9H2,1-6H3. The van der Waals surface area contributed by atoms with Gasteiger partial charge in [0, 0.05) is 35.9 Å². The highest BCUT2D eigenvalue weighted by atomic mass is 32.2. The van der Waals surface area contributed by atoms with Crippen LogP contribution in [0.25, 0.3) is 0 Å². The number of hydrogen-bond acceptors (Lipinski definition) is 4. The molecule has 0 aliphatic rings. The summed E-state index contributed by atoms with van der Waals surface area (Å²) >= 11 is 1.49. The number of hydrogen-bond donors (Lipinski definition) is 1. The van der Waals surface area contributed by atoms with Gasteiger partial charge in [0.1, 0.15) is 0 Å². The second-order valence-corrected chi connectivity index (χ2v) is 9.28. The Balaban J connectivity index is 2.82. The normalized spacial score (nSPS) is 14.3. The molecule has 1 N–H and O–H groups in total. The highest BCUT2D eigenvalue weighted by Crippen LogP contribution is 2.24. The molecular weight excluding hydrogens is 304 g/mol. The average molecular weight is 333 g/mol. The van der Waals surface area contributed by atoms with Gasteiger partial charge < -0.3 is 5.32 Å². The molecule has 21 heavy (non-hydrogen) atoms. The fraction of sp³-hybridized carbons (Fsp3) is 0.733. The SMILES string of the molecule is CC(C)CC(C)N(C)S(=O)(=O)c1csc(CNC(C)C)c1. The van der Waals surface area contributed by atoms with Gasteiger partial charge in [0.15, 0.2) is 0 Å². The average Bonchev–Trinajstić information content (AvgIpc) is 2.83. The summed E-state index contributed by atoms with van der Waals surface area (Å²) < 4.78 is 26.7. The minimum Gasteiger partial charge on any atom is -0.310 e. The molecule has 0 aromatic carbocycles. The molecule has 0 saturated heterocycles. The number of sulfonamides is 1. The first-order valence-electron chi connectivity index (χ1n) is 7.43. The highest BCUT2D eigenvalue weighted by molar-refractivity contribution is 7.89. The smallest absolute Gasteiger partial charge is 0.243 e. The van der Waals surface area contributed by atoms with Gasteiger partial charge in [0.25, 0.3) is 0 Å². The summed E-state index contributed by atoms with van der Waals surface area (Å²) in [6.45, 7) is 11.0. The maximum atomic E-state index is 12.6. The first-order valence-corrected chi connectivity index (χ1v) is 9.75. The summed E-state index contributed by atoms with van der Waals surface area (Å²) in [5.41, 5.74) is 0. The van der Waals surface area contributed by atoms with Crippen LogP contribution in [0.3, 0.4) is 0 Å². The summed E-state index contributed by atoms with van der Waals surface area (Å²) in [5, 5.41) is 5.05. The monoisotopic (exact) mass is 332 g/mol. The van der Waals surface area contributed by atoms with Crippen LogP contribution < -0.4 is 5.32 Å². The molecule has 1 heterocycles. The molecule has 0 bridgehead atoms. The summed E-state index contributed by atoms with van der Waals surface area (Å²) in [6, 6.07) is 2.18. The second kappa shape index (κ2) is 7.72. The molecular formula is C15H28N2O2S2. The van der Waals surface area contributed by atoms with Crippen molar-refractivity contribution in [3.8, 4) is 0 Å². The van der Waals surface area contributed by atoms with Crippen molar-refractivity contribution in [2.45, 2.75) is 64.6 Å². The molecule has 6 heteroatoms. The Kier molecular flexibility index (Phi) is 6.84. The lowest BCUT2D eigenvalue weighted by Crippen LogP contribution is -2.35. The van der Waals surface area contributed by atoms with Gasteiger partial charge in [-0.15, -0.1) is 11.3 Å². The van der Waals surface area contributed by atoms with Gasteiger partial charge in [0.2, 0.25) is 10.0 Å². The molecule has 0 aliphatic heterocycles. The van der Waals surface area contributed by atoms with E-state index in [1.54, 1.807) is 18.5 Å². The van der Waals surface area contributed by atoms with E-state index in [1.807, 2.05) is 6.92 Å². The van der Waals surface area contributed by atoms with Crippen LogP contribution in [0, 0.1) is 5.92 Å². The zero-order valence-electron chi connectivity index (χ0n) is 13.9. The lowest BCUT2D eigenvalue weighted by Gasteiger charge is -2.25. The van der Waals surface area contributed by atoms with Gasteiger partial charge in [-0.25, -0.2) is 8.42 Å². The van der Waals surface area contributed by atoms with Crippen LogP contribution in [-0.4, -0.2) is 31.9 Å². The predicted octanol–water partition coefficient (Wildman–Crippen LogP) is 3.30. The van der Waals surface area contributed by atoms with Crippen molar-refractivity contribution in [1.82, 2.24) is 9.62 Å². The third-order valence-electron chi connectivity index (χ3n) is 3.42. The molecule has 0 radical (unpaired) electrons. The van der Waals surface area contributed by atoms with Crippen molar-refractivity contribution in [3.63, 3.8) is 0 Å². The largest absolute Gasteiger partial charge is 0.310 e. The van der Waals surface area contributed by atoms with E-state index in [4.69, 9.17) is 0 Å². The quantitative estimate of drug-likeness (QED) is 0.794. The van der Waals surface area contributed by atoms with E-state index in [0.717, 1.165) is 11.3 Å². The molecule has 0 spiro atoms. The molecule has 0 aliphatic carbocycles. The molecule has 1 atom stereocenters. The van der Waals surface area contributed by atoms with Crippen molar-refractivity contribution < 1.29 is 8.42 Å². The van der Waals surface area contributed by atoms with E-state index in [0.29, 0.717) is 23.4 Å². The fourth-order valence-corrected chi connectivity index (χ4v) is 4.71. The number of nitrogens with zero attached hydrogens (tertiary/aromatic N) is 1. The summed E-state index contributed by atoms with van der Waals surface area (Å²) in [6.07, 6.45) is 0.863. The van der Waals surface area contributed by atoms with Crippen LogP contribution in [0.15, 0.2) is 16.3 Å². The highest BCUT2D eigenvalue weighted by Gasteiger charge is 2.26. The summed E-state index contributed by atoms with van der Waals surface area (Å²) in [4.78, 5) is 1.46. The van der Waals surface area contributed by atoms with E-state index >= 15 is 0 Å². The third-order valence-corrected chi connectivity index (χ3v) is 6.46. The molecule has 1 aromatic rings. The maximum Gasteiger partial charge on any atom is 0.243 e. The van der Waals surface area contributed by atoms with Crippen LogP contribution in [-0.2, 0) is 16.6 Å². The maximum absolute atomic E-state index is 12.6. The van der Waals surface area contributed by atoms with Gasteiger partial charge in [0.05, 0.1) is 4.90 Å². The van der Waals surface area contributed by atoms with Gasteiger partial charge in [-0.2, -0.15) is 4.31 Å². The van der Waals surface area contributed by atoms with Gasteiger partial charge in [-0.1, -0.05) is 27.7 Å². The van der Waals surface area contributed by atoms with E-state index in [-0.39, 0.29) is 6.04 Å². The zero-order chi connectivity index (χ0) is 16.2. The van der Waals surface area contributed by atoms with Crippen LogP contribution in [0.4, 0.5) is 0 Å². The predicted molar refractivity (Wildman–Crippen MR) is 90.2 cm³/mol. The third kappa shape index (κ3) is 5.36. The Morgan fingerprint density at radius 1 is 1.24 bits per heavy atom. The van der Waals surface area contributed by atoms with E-state index in [2.05, 4.69) is 33.0 Å². The summed E-state index contributed by atoms with van der Waals surface area (Å²) in [7, 11) is -1.71. The van der Waals surface area contributed by atoms with Crippen molar-refractivity contribution in [1.29, 1.82) is 0 Å². The molecule has 1 rings (SSSR count).